The van der Waals surface area contributed by atoms with Crippen LogP contribution in [0, 0.1) is 18.3 Å². The number of piperidine rings is 1. The number of hydrogen-bond acceptors (Lipinski definition) is 3. The van der Waals surface area contributed by atoms with Crippen LogP contribution in [0.15, 0.2) is 59.5 Å². The topological polar surface area (TPSA) is 54.5 Å². The number of nitrogens with zero attached hydrogens (tertiary/aromatic N) is 1. The molecule has 4 rings (SSSR count). The van der Waals surface area contributed by atoms with Crippen molar-refractivity contribution in [2.24, 2.45) is 11.3 Å². The van der Waals surface area contributed by atoms with Gasteiger partial charge in [0.25, 0.3) is 0 Å². The molecule has 2 aliphatic rings. The average molecular weight is 376 g/mol. The molecule has 2 fully saturated rings. The second-order valence-electron chi connectivity index (χ2n) is 6.92. The molecule has 130 valence electrons. The maximum absolute atomic E-state index is 13.2. The van der Waals surface area contributed by atoms with Crippen LogP contribution in [-0.2, 0) is 14.8 Å². The molecule has 2 aromatic carbocycles. The third-order valence-electron chi connectivity index (χ3n) is 5.44. The molecule has 4 nitrogen and oxygen atoms in total. The summed E-state index contributed by atoms with van der Waals surface area (Å²) in [5.74, 6) is -0.0112. The Labute approximate surface area is 152 Å². The number of fused-ring (bicyclic) bond motifs is 1. The summed E-state index contributed by atoms with van der Waals surface area (Å²) < 4.78 is 27.9. The summed E-state index contributed by atoms with van der Waals surface area (Å²) in [5, 5.41) is -0.437. The van der Waals surface area contributed by atoms with E-state index in [-0.39, 0.29) is 10.8 Å². The van der Waals surface area contributed by atoms with Gasteiger partial charge in [-0.3, -0.25) is 4.79 Å². The second kappa shape index (κ2) is 5.66. The Morgan fingerprint density at radius 3 is 2.36 bits per heavy atom. The number of carbonyl (C=O) groups is 1. The first-order valence-electron chi connectivity index (χ1n) is 8.21. The van der Waals surface area contributed by atoms with Crippen LogP contribution in [0.4, 0.5) is 0 Å². The summed E-state index contributed by atoms with van der Waals surface area (Å²) in [6.45, 7) is 2.24. The molecule has 1 unspecified atom stereocenters. The molecule has 0 amide bonds. The van der Waals surface area contributed by atoms with Gasteiger partial charge in [-0.05, 0) is 48.6 Å². The molecule has 1 saturated carbocycles. The van der Waals surface area contributed by atoms with Crippen molar-refractivity contribution in [3.63, 3.8) is 0 Å². The first-order chi connectivity index (χ1) is 11.9. The molecule has 0 aromatic heterocycles. The predicted octanol–water partition coefficient (Wildman–Crippen LogP) is 3.51. The van der Waals surface area contributed by atoms with Crippen LogP contribution < -0.4 is 0 Å². The summed E-state index contributed by atoms with van der Waals surface area (Å²) in [5.41, 5.74) is 1.02. The summed E-state index contributed by atoms with van der Waals surface area (Å²) in [4.78, 5) is 12.4. The highest BCUT2D eigenvalue weighted by Crippen LogP contribution is 2.69. The van der Waals surface area contributed by atoms with E-state index in [4.69, 9.17) is 11.6 Å². The van der Waals surface area contributed by atoms with Crippen molar-refractivity contribution in [3.8, 4) is 0 Å². The van der Waals surface area contributed by atoms with E-state index in [1.54, 1.807) is 24.3 Å². The molecule has 0 N–H and O–H groups in total. The molecule has 1 aliphatic carbocycles. The average Bonchev–Trinajstić information content (AvgIpc) is 3.22. The first-order valence-corrected chi connectivity index (χ1v) is 10.0. The zero-order chi connectivity index (χ0) is 17.8. The third kappa shape index (κ3) is 2.45. The van der Waals surface area contributed by atoms with Crippen molar-refractivity contribution in [1.29, 1.82) is 0 Å². The van der Waals surface area contributed by atoms with Gasteiger partial charge in [-0.1, -0.05) is 48.0 Å². The lowest BCUT2D eigenvalue weighted by atomic mass is 9.92. The van der Waals surface area contributed by atoms with Gasteiger partial charge in [-0.25, -0.2) is 8.42 Å². The highest BCUT2D eigenvalue weighted by atomic mass is 35.5. The van der Waals surface area contributed by atoms with E-state index in [2.05, 4.69) is 0 Å². The Kier molecular flexibility index (Phi) is 3.79. The molecule has 0 bridgehead atoms. The minimum atomic E-state index is -3.70. The van der Waals surface area contributed by atoms with Crippen molar-refractivity contribution in [1.82, 2.24) is 4.31 Å². The molecule has 0 radical (unpaired) electrons. The maximum atomic E-state index is 13.2. The van der Waals surface area contributed by atoms with E-state index in [9.17, 15) is 13.2 Å². The minimum absolute atomic E-state index is 0.0112. The number of carbonyl (C=O) groups excluding carboxylic acids is 1. The molecule has 0 spiro atoms. The van der Waals surface area contributed by atoms with Crippen LogP contribution >= 0.6 is 11.6 Å². The van der Waals surface area contributed by atoms with E-state index in [1.807, 2.05) is 37.3 Å². The quantitative estimate of drug-likeness (QED) is 0.768. The Bertz CT molecular complexity index is 927. The lowest BCUT2D eigenvalue weighted by Crippen LogP contribution is -2.36. The normalized spacial score (nSPS) is 28.6. The highest BCUT2D eigenvalue weighted by Gasteiger charge is 2.72. The second-order valence-corrected chi connectivity index (χ2v) is 9.15. The summed E-state index contributed by atoms with van der Waals surface area (Å²) >= 11 is 5.93. The van der Waals surface area contributed by atoms with E-state index in [0.29, 0.717) is 13.0 Å². The predicted molar refractivity (Wildman–Crippen MR) is 95.7 cm³/mol. The number of aryl methyl sites for hydroxylation is 1. The standard InChI is InChI=1S/C19H18ClNO3S/c1-13-7-9-16(10-8-13)25(23,24)21-12-15-11-19(15,18(20)22)17(21)14-5-3-2-4-6-14/h2-10,15,17H,11-12H2,1H3/t15?,17-,19-/m0/s1. The SMILES string of the molecule is Cc1ccc(S(=O)(=O)N2CC3C[C@@]3(C(=O)Cl)[C@@H]2c2ccccc2)cc1. The van der Waals surface area contributed by atoms with Crippen LogP contribution in [0.3, 0.4) is 0 Å². The zero-order valence-electron chi connectivity index (χ0n) is 13.7. The third-order valence-corrected chi connectivity index (χ3v) is 7.63. The fourth-order valence-electron chi connectivity index (χ4n) is 4.02. The van der Waals surface area contributed by atoms with Crippen molar-refractivity contribution in [2.75, 3.05) is 6.54 Å². The van der Waals surface area contributed by atoms with Crippen molar-refractivity contribution >= 4 is 26.9 Å². The Hall–Kier alpha value is -1.69. The lowest BCUT2D eigenvalue weighted by molar-refractivity contribution is -0.117. The first kappa shape index (κ1) is 16.8. The van der Waals surface area contributed by atoms with Crippen LogP contribution in [0.25, 0.3) is 0 Å². The number of hydrogen-bond donors (Lipinski definition) is 0. The molecule has 1 saturated heterocycles. The molecular formula is C19H18ClNO3S. The van der Waals surface area contributed by atoms with Gasteiger partial charge in [0.2, 0.25) is 15.3 Å². The Balaban J connectivity index is 1.81. The monoisotopic (exact) mass is 375 g/mol. The molecular weight excluding hydrogens is 358 g/mol. The van der Waals surface area contributed by atoms with Crippen LogP contribution in [0.1, 0.15) is 23.6 Å². The van der Waals surface area contributed by atoms with Gasteiger partial charge in [0.1, 0.15) is 0 Å². The van der Waals surface area contributed by atoms with Crippen molar-refractivity contribution in [2.45, 2.75) is 24.3 Å². The van der Waals surface area contributed by atoms with Gasteiger partial charge in [0, 0.05) is 6.54 Å². The molecule has 1 heterocycles. The van der Waals surface area contributed by atoms with Gasteiger partial charge in [-0.15, -0.1) is 0 Å². The largest absolute Gasteiger partial charge is 0.281 e. The molecule has 6 heteroatoms. The van der Waals surface area contributed by atoms with Gasteiger partial charge in [0.05, 0.1) is 16.4 Å². The maximum Gasteiger partial charge on any atom is 0.243 e. The van der Waals surface area contributed by atoms with Gasteiger partial charge >= 0.3 is 0 Å². The summed E-state index contributed by atoms with van der Waals surface area (Å²) in [6.07, 6.45) is 0.648. The van der Waals surface area contributed by atoms with E-state index < -0.39 is 26.7 Å². The lowest BCUT2D eigenvalue weighted by Gasteiger charge is -2.30. The summed E-state index contributed by atoms with van der Waals surface area (Å²) in [7, 11) is -3.70. The van der Waals surface area contributed by atoms with Gasteiger partial charge in [-0.2, -0.15) is 4.31 Å². The zero-order valence-corrected chi connectivity index (χ0v) is 15.3. The smallest absolute Gasteiger partial charge is 0.243 e. The fraction of sp³-hybridized carbons (Fsp3) is 0.316. The van der Waals surface area contributed by atoms with Crippen LogP contribution in [0.2, 0.25) is 0 Å². The number of halogens is 1. The molecule has 2 aromatic rings. The minimum Gasteiger partial charge on any atom is -0.281 e. The van der Waals surface area contributed by atoms with Crippen LogP contribution in [-0.4, -0.2) is 24.5 Å². The van der Waals surface area contributed by atoms with Gasteiger partial charge in [0.15, 0.2) is 0 Å². The van der Waals surface area contributed by atoms with Crippen molar-refractivity contribution < 1.29 is 13.2 Å². The molecule has 1 aliphatic heterocycles. The highest BCUT2D eigenvalue weighted by molar-refractivity contribution is 7.89. The Morgan fingerprint density at radius 1 is 1.12 bits per heavy atom. The fourth-order valence-corrected chi connectivity index (χ4v) is 6.07. The van der Waals surface area contributed by atoms with E-state index >= 15 is 0 Å². The van der Waals surface area contributed by atoms with Gasteiger partial charge < -0.3 is 0 Å². The number of sulfonamides is 1. The summed E-state index contributed by atoms with van der Waals surface area (Å²) in [6, 6.07) is 15.6. The Morgan fingerprint density at radius 2 is 1.76 bits per heavy atom. The number of benzene rings is 2. The molecule has 25 heavy (non-hydrogen) atoms. The van der Waals surface area contributed by atoms with Crippen molar-refractivity contribution in [3.05, 3.63) is 65.7 Å². The van der Waals surface area contributed by atoms with E-state index in [0.717, 1.165) is 11.1 Å². The van der Waals surface area contributed by atoms with Crippen LogP contribution in [0.5, 0.6) is 0 Å². The number of rotatable bonds is 4. The molecule has 3 atom stereocenters. The van der Waals surface area contributed by atoms with E-state index in [1.165, 1.54) is 4.31 Å².